The van der Waals surface area contributed by atoms with E-state index in [9.17, 15) is 9.59 Å². The van der Waals surface area contributed by atoms with E-state index in [4.69, 9.17) is 10.2 Å². The normalized spacial score (nSPS) is 23.9. The number of hydrogen-bond donors (Lipinski definition) is 4. The van der Waals surface area contributed by atoms with Crippen LogP contribution in [-0.4, -0.2) is 51.9 Å². The first kappa shape index (κ1) is 16.1. The molecule has 2 amide bonds. The smallest absolute Gasteiger partial charge is 0.332 e. The second kappa shape index (κ2) is 8.27. The number of aliphatic hydroxyl groups is 1. The summed E-state index contributed by atoms with van der Waals surface area (Å²) in [7, 11) is 0. The summed E-state index contributed by atoms with van der Waals surface area (Å²) in [6.07, 6.45) is 1.70. The Hall–Kier alpha value is -0.950. The average molecular weight is 290 g/mol. The van der Waals surface area contributed by atoms with Gasteiger partial charge in [-0.2, -0.15) is 11.8 Å². The second-order valence-electron chi connectivity index (χ2n) is 4.63. The zero-order valence-electron chi connectivity index (χ0n) is 11.1. The number of nitrogens with one attached hydrogen (secondary N) is 2. The molecule has 0 radical (unpaired) electrons. The molecule has 0 spiro atoms. The van der Waals surface area contributed by atoms with E-state index in [-0.39, 0.29) is 25.0 Å². The first-order valence-corrected chi connectivity index (χ1v) is 7.64. The fraction of sp³-hybridized carbons (Fsp3) is 0.833. The van der Waals surface area contributed by atoms with Crippen molar-refractivity contribution < 1.29 is 19.8 Å². The van der Waals surface area contributed by atoms with Gasteiger partial charge in [-0.05, 0) is 25.0 Å². The largest absolute Gasteiger partial charge is 0.479 e. The van der Waals surface area contributed by atoms with E-state index >= 15 is 0 Å². The fourth-order valence-corrected chi connectivity index (χ4v) is 3.28. The van der Waals surface area contributed by atoms with Crippen molar-refractivity contribution in [2.45, 2.75) is 50.0 Å². The van der Waals surface area contributed by atoms with Gasteiger partial charge in [-0.3, -0.25) is 0 Å². The SMILES string of the molecule is CCSC1CCC(NC(=O)NCC[C@H](O)C(=O)O)C1. The van der Waals surface area contributed by atoms with Crippen LogP contribution in [-0.2, 0) is 4.79 Å². The maximum Gasteiger partial charge on any atom is 0.332 e. The molecule has 4 N–H and O–H groups in total. The van der Waals surface area contributed by atoms with E-state index in [0.717, 1.165) is 25.0 Å². The number of carbonyl (C=O) groups excluding carboxylic acids is 1. The molecule has 1 aliphatic rings. The Morgan fingerprint density at radius 2 is 2.16 bits per heavy atom. The molecule has 0 heterocycles. The number of hydrogen-bond acceptors (Lipinski definition) is 4. The predicted octanol–water partition coefficient (Wildman–Crippen LogP) is 0.795. The summed E-state index contributed by atoms with van der Waals surface area (Å²) in [6.45, 7) is 2.28. The molecule has 0 bridgehead atoms. The van der Waals surface area contributed by atoms with Crippen LogP contribution in [0.3, 0.4) is 0 Å². The number of urea groups is 1. The lowest BCUT2D eigenvalue weighted by molar-refractivity contribution is -0.146. The molecular formula is C12H22N2O4S. The van der Waals surface area contributed by atoms with Crippen molar-refractivity contribution in [1.82, 2.24) is 10.6 Å². The zero-order chi connectivity index (χ0) is 14.3. The lowest BCUT2D eigenvalue weighted by Crippen LogP contribution is -2.42. The highest BCUT2D eigenvalue weighted by atomic mass is 32.2. The van der Waals surface area contributed by atoms with Crippen molar-refractivity contribution in [3.05, 3.63) is 0 Å². The highest BCUT2D eigenvalue weighted by Gasteiger charge is 2.25. The zero-order valence-corrected chi connectivity index (χ0v) is 11.9. The Morgan fingerprint density at radius 1 is 1.42 bits per heavy atom. The molecule has 0 saturated heterocycles. The molecule has 3 atom stereocenters. The van der Waals surface area contributed by atoms with Crippen LogP contribution in [0.5, 0.6) is 0 Å². The van der Waals surface area contributed by atoms with Crippen molar-refractivity contribution in [3.63, 3.8) is 0 Å². The topological polar surface area (TPSA) is 98.7 Å². The number of carboxylic acids is 1. The van der Waals surface area contributed by atoms with Gasteiger partial charge in [0.05, 0.1) is 0 Å². The lowest BCUT2D eigenvalue weighted by atomic mass is 10.2. The molecule has 0 aromatic rings. The predicted molar refractivity (Wildman–Crippen MR) is 74.4 cm³/mol. The van der Waals surface area contributed by atoms with E-state index in [1.54, 1.807) is 0 Å². The Balaban J connectivity index is 2.13. The molecule has 0 aromatic heterocycles. The highest BCUT2D eigenvalue weighted by Crippen LogP contribution is 2.29. The number of thioether (sulfide) groups is 1. The van der Waals surface area contributed by atoms with Crippen LogP contribution in [0, 0.1) is 0 Å². The third-order valence-corrected chi connectivity index (χ3v) is 4.34. The van der Waals surface area contributed by atoms with Gasteiger partial charge in [0.2, 0.25) is 0 Å². The van der Waals surface area contributed by atoms with E-state index in [1.807, 2.05) is 11.8 Å². The number of rotatable bonds is 7. The number of carboxylic acid groups (broad SMARTS) is 1. The molecule has 7 heteroatoms. The van der Waals surface area contributed by atoms with Gasteiger partial charge in [0, 0.05) is 24.3 Å². The van der Waals surface area contributed by atoms with Crippen LogP contribution in [0.1, 0.15) is 32.6 Å². The summed E-state index contributed by atoms with van der Waals surface area (Å²) in [5.41, 5.74) is 0. The van der Waals surface area contributed by atoms with E-state index in [2.05, 4.69) is 17.6 Å². The standard InChI is InChI=1S/C12H22N2O4S/c1-2-19-9-4-3-8(7-9)14-12(18)13-6-5-10(15)11(16)17/h8-10,15H,2-7H2,1H3,(H,16,17)(H2,13,14,18)/t8?,9?,10-/m0/s1. The van der Waals surface area contributed by atoms with Gasteiger partial charge in [-0.25, -0.2) is 9.59 Å². The maximum absolute atomic E-state index is 11.6. The Labute approximate surface area is 117 Å². The quantitative estimate of drug-likeness (QED) is 0.556. The number of aliphatic carboxylic acids is 1. The van der Waals surface area contributed by atoms with Gasteiger partial charge in [-0.15, -0.1) is 0 Å². The lowest BCUT2D eigenvalue weighted by Gasteiger charge is -2.14. The van der Waals surface area contributed by atoms with Gasteiger partial charge in [0.1, 0.15) is 0 Å². The van der Waals surface area contributed by atoms with Gasteiger partial charge in [0.15, 0.2) is 6.10 Å². The minimum absolute atomic E-state index is 0.0156. The molecule has 1 rings (SSSR count). The minimum atomic E-state index is -1.42. The van der Waals surface area contributed by atoms with Crippen molar-refractivity contribution in [2.75, 3.05) is 12.3 Å². The van der Waals surface area contributed by atoms with Crippen LogP contribution in [0.25, 0.3) is 0 Å². The molecule has 19 heavy (non-hydrogen) atoms. The summed E-state index contributed by atoms with van der Waals surface area (Å²) in [5, 5.41) is 23.6. The fourth-order valence-electron chi connectivity index (χ4n) is 2.14. The Bertz CT molecular complexity index is 314. The van der Waals surface area contributed by atoms with Crippen LogP contribution < -0.4 is 10.6 Å². The van der Waals surface area contributed by atoms with Gasteiger partial charge < -0.3 is 20.8 Å². The van der Waals surface area contributed by atoms with E-state index in [1.165, 1.54) is 0 Å². The van der Waals surface area contributed by atoms with E-state index in [0.29, 0.717) is 5.25 Å². The summed E-state index contributed by atoms with van der Waals surface area (Å²) < 4.78 is 0. The average Bonchev–Trinajstić information content (AvgIpc) is 2.76. The Kier molecular flexibility index (Phi) is 7.01. The van der Waals surface area contributed by atoms with E-state index < -0.39 is 12.1 Å². The highest BCUT2D eigenvalue weighted by molar-refractivity contribution is 7.99. The number of carbonyl (C=O) groups is 2. The third kappa shape index (κ3) is 6.15. The minimum Gasteiger partial charge on any atom is -0.479 e. The van der Waals surface area contributed by atoms with Crippen LogP contribution in [0.4, 0.5) is 4.79 Å². The maximum atomic E-state index is 11.6. The second-order valence-corrected chi connectivity index (χ2v) is 6.21. The van der Waals surface area contributed by atoms with Crippen molar-refractivity contribution >= 4 is 23.8 Å². The van der Waals surface area contributed by atoms with Crippen LogP contribution in [0.15, 0.2) is 0 Å². The first-order valence-electron chi connectivity index (χ1n) is 6.59. The molecule has 0 aromatic carbocycles. The Morgan fingerprint density at radius 3 is 2.79 bits per heavy atom. The molecule has 1 fully saturated rings. The summed E-state index contributed by atoms with van der Waals surface area (Å²) >= 11 is 1.92. The van der Waals surface area contributed by atoms with Gasteiger partial charge in [-0.1, -0.05) is 6.92 Å². The number of aliphatic hydroxyl groups excluding tert-OH is 1. The molecule has 2 unspecified atom stereocenters. The van der Waals surface area contributed by atoms with Crippen molar-refractivity contribution in [2.24, 2.45) is 0 Å². The number of amides is 2. The third-order valence-electron chi connectivity index (χ3n) is 3.11. The van der Waals surface area contributed by atoms with Crippen LogP contribution in [0.2, 0.25) is 0 Å². The molecule has 6 nitrogen and oxygen atoms in total. The summed E-state index contributed by atoms with van der Waals surface area (Å²) in [5.74, 6) is -0.172. The first-order chi connectivity index (χ1) is 9.02. The summed E-state index contributed by atoms with van der Waals surface area (Å²) in [4.78, 5) is 21.9. The monoisotopic (exact) mass is 290 g/mol. The van der Waals surface area contributed by atoms with Gasteiger partial charge in [0.25, 0.3) is 0 Å². The van der Waals surface area contributed by atoms with Crippen molar-refractivity contribution in [3.8, 4) is 0 Å². The van der Waals surface area contributed by atoms with Gasteiger partial charge >= 0.3 is 12.0 Å². The molecule has 110 valence electrons. The van der Waals surface area contributed by atoms with Crippen LogP contribution >= 0.6 is 11.8 Å². The van der Waals surface area contributed by atoms with Crippen molar-refractivity contribution in [1.29, 1.82) is 0 Å². The molecule has 1 saturated carbocycles. The molecule has 1 aliphatic carbocycles. The summed E-state index contributed by atoms with van der Waals surface area (Å²) in [6, 6.07) is -0.0850. The molecular weight excluding hydrogens is 268 g/mol. The molecule has 0 aliphatic heterocycles.